The molecule has 0 aromatic carbocycles. The van der Waals surface area contributed by atoms with Crippen molar-refractivity contribution < 1.29 is 0 Å². The molecule has 4 rings (SSSR count). The largest absolute Gasteiger partial charge is 0.329 e. The Bertz CT molecular complexity index is 1030. The molecule has 3 aromatic rings. The third kappa shape index (κ3) is 3.74. The highest BCUT2D eigenvalue weighted by Gasteiger charge is 2.29. The van der Waals surface area contributed by atoms with E-state index in [-0.39, 0.29) is 5.28 Å². The summed E-state index contributed by atoms with van der Waals surface area (Å²) in [7, 11) is 0. The smallest absolute Gasteiger partial charge is 0.225 e. The molecule has 1 saturated carbocycles. The van der Waals surface area contributed by atoms with E-state index >= 15 is 0 Å². The van der Waals surface area contributed by atoms with E-state index in [1.165, 1.54) is 11.1 Å². The lowest BCUT2D eigenvalue weighted by molar-refractivity contribution is 0.523. The highest BCUT2D eigenvalue weighted by Crippen LogP contribution is 2.42. The van der Waals surface area contributed by atoms with Crippen LogP contribution in [0.15, 0.2) is 49.0 Å². The van der Waals surface area contributed by atoms with Crippen LogP contribution < -0.4 is 0 Å². The summed E-state index contributed by atoms with van der Waals surface area (Å²) < 4.78 is 4.23. The lowest BCUT2D eigenvalue weighted by Gasteiger charge is -2.14. The van der Waals surface area contributed by atoms with Crippen molar-refractivity contribution in [3.8, 4) is 0 Å². The maximum atomic E-state index is 6.21. The Morgan fingerprint density at radius 3 is 2.96 bits per heavy atom. The third-order valence-electron chi connectivity index (χ3n) is 5.68. The van der Waals surface area contributed by atoms with Crippen LogP contribution in [0.5, 0.6) is 0 Å². The fraction of sp³-hybridized carbons (Fsp3) is 0.381. The van der Waals surface area contributed by atoms with Crippen molar-refractivity contribution in [1.29, 1.82) is 0 Å². The van der Waals surface area contributed by atoms with Crippen LogP contribution in [-0.4, -0.2) is 24.3 Å². The van der Waals surface area contributed by atoms with Crippen molar-refractivity contribution in [3.05, 3.63) is 65.0 Å². The van der Waals surface area contributed by atoms with Gasteiger partial charge in [-0.15, -0.1) is 0 Å². The zero-order valence-electron chi connectivity index (χ0n) is 15.9. The molecule has 5 nitrogen and oxygen atoms in total. The Hall–Kier alpha value is -2.11. The van der Waals surface area contributed by atoms with Gasteiger partial charge >= 0.3 is 0 Å². The summed E-state index contributed by atoms with van der Waals surface area (Å²) in [6, 6.07) is 2.35. The summed E-state index contributed by atoms with van der Waals surface area (Å²) in [6.45, 7) is 6.77. The molecule has 3 aromatic heterocycles. The van der Waals surface area contributed by atoms with Gasteiger partial charge in [0.15, 0.2) is 0 Å². The van der Waals surface area contributed by atoms with Crippen LogP contribution in [0.3, 0.4) is 0 Å². The van der Waals surface area contributed by atoms with Gasteiger partial charge < -0.3 is 4.57 Å². The van der Waals surface area contributed by atoms with Gasteiger partial charge in [0, 0.05) is 25.0 Å². The minimum atomic E-state index is 0.188. The predicted molar refractivity (Wildman–Crippen MR) is 114 cm³/mol. The van der Waals surface area contributed by atoms with Crippen molar-refractivity contribution in [2.45, 2.75) is 51.1 Å². The highest BCUT2D eigenvalue weighted by molar-refractivity contribution is 6.35. The molecule has 28 heavy (non-hydrogen) atoms. The normalized spacial score (nSPS) is 20.2. The van der Waals surface area contributed by atoms with Gasteiger partial charge in [-0.25, -0.2) is 4.98 Å². The molecule has 146 valence electrons. The number of rotatable bonds is 6. The molecule has 0 N–H and O–H groups in total. The first-order valence-electron chi connectivity index (χ1n) is 9.58. The van der Waals surface area contributed by atoms with E-state index < -0.39 is 0 Å². The molecule has 2 unspecified atom stereocenters. The zero-order valence-corrected chi connectivity index (χ0v) is 17.4. The van der Waals surface area contributed by atoms with Crippen molar-refractivity contribution in [1.82, 2.24) is 24.3 Å². The molecule has 0 aliphatic heterocycles. The molecule has 0 bridgehead atoms. The zero-order chi connectivity index (χ0) is 19.7. The number of halogens is 2. The molecule has 2 atom stereocenters. The van der Waals surface area contributed by atoms with Gasteiger partial charge in [0.2, 0.25) is 5.28 Å². The molecule has 0 radical (unpaired) electrons. The minimum absolute atomic E-state index is 0.188. The maximum Gasteiger partial charge on any atom is 0.225 e. The number of hydrogen-bond donors (Lipinski definition) is 0. The van der Waals surface area contributed by atoms with E-state index in [1.807, 2.05) is 36.1 Å². The highest BCUT2D eigenvalue weighted by atomic mass is 35.5. The number of fused-ring (bicyclic) bond motifs is 1. The van der Waals surface area contributed by atoms with Crippen LogP contribution in [0, 0.1) is 0 Å². The van der Waals surface area contributed by atoms with Gasteiger partial charge in [-0.05, 0) is 61.8 Å². The number of aromatic nitrogens is 5. The van der Waals surface area contributed by atoms with Gasteiger partial charge in [-0.2, -0.15) is 10.1 Å². The van der Waals surface area contributed by atoms with Gasteiger partial charge in [-0.1, -0.05) is 35.9 Å². The van der Waals surface area contributed by atoms with Gasteiger partial charge in [0.25, 0.3) is 0 Å². The predicted octanol–water partition coefficient (Wildman–Crippen LogP) is 5.97. The van der Waals surface area contributed by atoms with E-state index in [9.17, 15) is 0 Å². The van der Waals surface area contributed by atoms with E-state index in [0.29, 0.717) is 17.1 Å². The fourth-order valence-corrected chi connectivity index (χ4v) is 4.54. The van der Waals surface area contributed by atoms with E-state index in [2.05, 4.69) is 38.5 Å². The molecule has 1 aliphatic carbocycles. The average molecular weight is 416 g/mol. The second-order valence-electron chi connectivity index (χ2n) is 7.26. The minimum Gasteiger partial charge on any atom is -0.329 e. The third-order valence-corrected chi connectivity index (χ3v) is 6.14. The van der Waals surface area contributed by atoms with E-state index in [0.717, 1.165) is 43.3 Å². The van der Waals surface area contributed by atoms with Crippen molar-refractivity contribution >= 4 is 34.2 Å². The van der Waals surface area contributed by atoms with Crippen LogP contribution in [0.1, 0.15) is 50.1 Å². The molecule has 0 spiro atoms. The molecule has 0 saturated heterocycles. The summed E-state index contributed by atoms with van der Waals surface area (Å²) in [4.78, 5) is 8.44. The number of nitrogens with zero attached hydrogens (tertiary/aromatic N) is 5. The van der Waals surface area contributed by atoms with E-state index in [1.54, 1.807) is 0 Å². The first-order chi connectivity index (χ1) is 13.6. The molecular weight excluding hydrogens is 393 g/mol. The lowest BCUT2D eigenvalue weighted by Crippen LogP contribution is -2.05. The van der Waals surface area contributed by atoms with Crippen molar-refractivity contribution in [3.63, 3.8) is 0 Å². The molecule has 3 heterocycles. The second kappa shape index (κ2) is 8.10. The lowest BCUT2D eigenvalue weighted by atomic mass is 10.0. The Labute approximate surface area is 174 Å². The molecule has 7 heteroatoms. The number of aryl methyl sites for hydroxylation is 1. The first-order valence-corrected chi connectivity index (χ1v) is 10.3. The van der Waals surface area contributed by atoms with Gasteiger partial charge in [-0.3, -0.25) is 4.68 Å². The van der Waals surface area contributed by atoms with Crippen LogP contribution in [-0.2, 0) is 6.54 Å². The van der Waals surface area contributed by atoms with Crippen molar-refractivity contribution in [2.75, 3.05) is 0 Å². The summed E-state index contributed by atoms with van der Waals surface area (Å²) in [5, 5.41) is 6.00. The van der Waals surface area contributed by atoms with Crippen LogP contribution in [0.25, 0.3) is 11.0 Å². The second-order valence-corrected chi connectivity index (χ2v) is 7.96. The average Bonchev–Trinajstić information content (AvgIpc) is 3.41. The number of allylic oxidation sites excluding steroid dienone is 3. The van der Waals surface area contributed by atoms with Crippen molar-refractivity contribution in [2.24, 2.45) is 0 Å². The molecule has 0 amide bonds. The summed E-state index contributed by atoms with van der Waals surface area (Å²) in [5.74, 6) is 0.504. The number of hydrogen-bond acceptors (Lipinski definition) is 3. The van der Waals surface area contributed by atoms with Crippen LogP contribution in [0.2, 0.25) is 10.4 Å². The van der Waals surface area contributed by atoms with Gasteiger partial charge in [0.1, 0.15) is 10.8 Å². The van der Waals surface area contributed by atoms with Gasteiger partial charge in [0.05, 0.1) is 11.6 Å². The fourth-order valence-electron chi connectivity index (χ4n) is 4.10. The quantitative estimate of drug-likeness (QED) is 0.283. The Morgan fingerprint density at radius 1 is 1.32 bits per heavy atom. The Morgan fingerprint density at radius 2 is 2.18 bits per heavy atom. The summed E-state index contributed by atoms with van der Waals surface area (Å²) in [6.07, 6.45) is 14.5. The Balaban J connectivity index is 1.47. The SMILES string of the molecule is C=C/C(=C\C)CCn1cc(C2CCC(n3ccc4c(Cl)nc(Cl)nc43)C2)cn1. The first kappa shape index (κ1) is 19.2. The molecular formula is C21H23Cl2N5. The van der Waals surface area contributed by atoms with E-state index in [4.69, 9.17) is 23.2 Å². The summed E-state index contributed by atoms with van der Waals surface area (Å²) in [5.41, 5.74) is 3.37. The molecule has 1 fully saturated rings. The monoisotopic (exact) mass is 415 g/mol. The topological polar surface area (TPSA) is 48.5 Å². The molecule has 1 aliphatic rings. The van der Waals surface area contributed by atoms with Crippen LogP contribution in [0.4, 0.5) is 0 Å². The standard InChI is InChI=1S/C21H23Cl2N5/c1-3-14(4-2)7-9-27-13-16(12-24-27)15-5-6-17(11-15)28-10-8-18-19(22)25-21(23)26-20(18)28/h3-4,8,10,12-13,15,17H,1,5-7,9,11H2,2H3/b14-4+. The summed E-state index contributed by atoms with van der Waals surface area (Å²) >= 11 is 12.2. The van der Waals surface area contributed by atoms with Crippen LogP contribution >= 0.6 is 23.2 Å². The maximum absolute atomic E-state index is 6.21. The Kier molecular flexibility index (Phi) is 5.56.